The number of nitrogens with one attached hydrogen (secondary N) is 1. The summed E-state index contributed by atoms with van der Waals surface area (Å²) in [7, 11) is 1.63. The summed E-state index contributed by atoms with van der Waals surface area (Å²) in [4.78, 5) is 29.0. The van der Waals surface area contributed by atoms with Gasteiger partial charge in [-0.05, 0) is 41.2 Å². The lowest BCUT2D eigenvalue weighted by atomic mass is 9.88. The second kappa shape index (κ2) is 13.5. The van der Waals surface area contributed by atoms with Gasteiger partial charge in [0.05, 0.1) is 7.11 Å². The monoisotopic (exact) mass is 486 g/mol. The molecular formula is C31H38N2O3. The first-order chi connectivity index (χ1) is 17.4. The third kappa shape index (κ3) is 7.45. The van der Waals surface area contributed by atoms with Crippen molar-refractivity contribution >= 4 is 11.8 Å². The molecule has 0 bridgehead atoms. The highest BCUT2D eigenvalue weighted by molar-refractivity contribution is 5.88. The molecule has 190 valence electrons. The Balaban J connectivity index is 1.93. The number of nitrogens with zero attached hydrogens (tertiary/aromatic N) is 1. The van der Waals surface area contributed by atoms with Gasteiger partial charge in [0.15, 0.2) is 0 Å². The zero-order valence-electron chi connectivity index (χ0n) is 21.8. The topological polar surface area (TPSA) is 58.6 Å². The highest BCUT2D eigenvalue weighted by Gasteiger charge is 2.30. The number of hydrogen-bond donors (Lipinski definition) is 1. The molecule has 3 aromatic rings. The number of carbonyl (C=O) groups is 2. The van der Waals surface area contributed by atoms with Gasteiger partial charge in [0.2, 0.25) is 11.8 Å². The lowest BCUT2D eigenvalue weighted by molar-refractivity contribution is -0.141. The van der Waals surface area contributed by atoms with E-state index in [1.807, 2.05) is 67.6 Å². The zero-order valence-corrected chi connectivity index (χ0v) is 21.8. The van der Waals surface area contributed by atoms with Crippen molar-refractivity contribution in [1.82, 2.24) is 10.2 Å². The molecule has 0 spiro atoms. The highest BCUT2D eigenvalue weighted by Crippen LogP contribution is 2.29. The van der Waals surface area contributed by atoms with Crippen LogP contribution in [-0.4, -0.2) is 36.4 Å². The van der Waals surface area contributed by atoms with Crippen LogP contribution in [0, 0.1) is 5.92 Å². The second-order valence-corrected chi connectivity index (χ2v) is 9.51. The summed E-state index contributed by atoms with van der Waals surface area (Å²) in [5.74, 6) is 0.831. The molecule has 3 rings (SSSR count). The summed E-state index contributed by atoms with van der Waals surface area (Å²) < 4.78 is 5.29. The Kier molecular flexibility index (Phi) is 10.1. The van der Waals surface area contributed by atoms with E-state index in [1.54, 1.807) is 12.0 Å². The van der Waals surface area contributed by atoms with Crippen LogP contribution in [0.2, 0.25) is 0 Å². The summed E-state index contributed by atoms with van der Waals surface area (Å²) in [6, 6.07) is 27.3. The second-order valence-electron chi connectivity index (χ2n) is 9.51. The van der Waals surface area contributed by atoms with Crippen LogP contribution in [0.4, 0.5) is 0 Å². The lowest BCUT2D eigenvalue weighted by Crippen LogP contribution is -2.49. The van der Waals surface area contributed by atoms with E-state index in [2.05, 4.69) is 43.4 Å². The first kappa shape index (κ1) is 27.0. The van der Waals surface area contributed by atoms with Crippen molar-refractivity contribution in [2.24, 2.45) is 5.92 Å². The van der Waals surface area contributed by atoms with Crippen LogP contribution in [-0.2, 0) is 16.1 Å². The van der Waals surface area contributed by atoms with Gasteiger partial charge in [0.25, 0.3) is 0 Å². The minimum atomic E-state index is -0.550. The lowest BCUT2D eigenvalue weighted by Gasteiger charge is -2.32. The Morgan fingerprint density at radius 2 is 1.42 bits per heavy atom. The summed E-state index contributed by atoms with van der Waals surface area (Å²) in [6.45, 7) is 7.01. The van der Waals surface area contributed by atoms with Gasteiger partial charge < -0.3 is 15.0 Å². The number of rotatable bonds is 12. The average Bonchev–Trinajstić information content (AvgIpc) is 2.91. The number of ether oxygens (including phenoxy) is 1. The van der Waals surface area contributed by atoms with E-state index in [1.165, 1.54) is 0 Å². The van der Waals surface area contributed by atoms with Crippen LogP contribution in [0.15, 0.2) is 84.9 Å². The largest absolute Gasteiger partial charge is 0.497 e. The fourth-order valence-electron chi connectivity index (χ4n) is 4.36. The number of methoxy groups -OCH3 is 1. The SMILES string of the molecule is CC[C@@H](C(=O)NCC(C)C)N(Cc1ccc(OC)cc1)C(=O)CC(c1ccccc1)c1ccccc1. The van der Waals surface area contributed by atoms with E-state index >= 15 is 0 Å². The van der Waals surface area contributed by atoms with E-state index in [0.717, 1.165) is 22.4 Å². The Hall–Kier alpha value is -3.60. The molecule has 0 aliphatic heterocycles. The van der Waals surface area contributed by atoms with Gasteiger partial charge in [0.1, 0.15) is 11.8 Å². The fraction of sp³-hybridized carbons (Fsp3) is 0.355. The zero-order chi connectivity index (χ0) is 25.9. The molecule has 1 N–H and O–H groups in total. The molecule has 0 saturated heterocycles. The van der Waals surface area contributed by atoms with Gasteiger partial charge in [-0.1, -0.05) is 93.6 Å². The summed E-state index contributed by atoms with van der Waals surface area (Å²) >= 11 is 0. The van der Waals surface area contributed by atoms with Crippen molar-refractivity contribution in [2.75, 3.05) is 13.7 Å². The molecule has 5 nitrogen and oxygen atoms in total. The predicted octanol–water partition coefficient (Wildman–Crippen LogP) is 5.80. The summed E-state index contributed by atoms with van der Waals surface area (Å²) in [6.07, 6.45) is 0.811. The van der Waals surface area contributed by atoms with Gasteiger partial charge >= 0.3 is 0 Å². The molecule has 3 aromatic carbocycles. The number of hydrogen-bond acceptors (Lipinski definition) is 3. The van der Waals surface area contributed by atoms with Crippen LogP contribution >= 0.6 is 0 Å². The Morgan fingerprint density at radius 1 is 0.861 bits per heavy atom. The molecule has 0 fully saturated rings. The minimum absolute atomic E-state index is 0.0462. The van der Waals surface area contributed by atoms with Gasteiger partial charge in [-0.25, -0.2) is 0 Å². The Morgan fingerprint density at radius 3 is 1.89 bits per heavy atom. The van der Waals surface area contributed by atoms with Crippen molar-refractivity contribution < 1.29 is 14.3 Å². The minimum Gasteiger partial charge on any atom is -0.497 e. The molecule has 0 saturated carbocycles. The van der Waals surface area contributed by atoms with Crippen molar-refractivity contribution in [3.05, 3.63) is 102 Å². The molecule has 0 aliphatic rings. The van der Waals surface area contributed by atoms with E-state index in [0.29, 0.717) is 25.4 Å². The van der Waals surface area contributed by atoms with E-state index in [9.17, 15) is 9.59 Å². The predicted molar refractivity (Wildman–Crippen MR) is 145 cm³/mol. The van der Waals surface area contributed by atoms with Crippen molar-refractivity contribution in [2.45, 2.75) is 52.1 Å². The van der Waals surface area contributed by atoms with Crippen LogP contribution < -0.4 is 10.1 Å². The number of amides is 2. The van der Waals surface area contributed by atoms with Gasteiger partial charge in [-0.3, -0.25) is 9.59 Å². The normalized spacial score (nSPS) is 11.8. The molecule has 5 heteroatoms. The Bertz CT molecular complexity index is 1040. The van der Waals surface area contributed by atoms with Gasteiger partial charge in [-0.15, -0.1) is 0 Å². The first-order valence-corrected chi connectivity index (χ1v) is 12.7. The maximum Gasteiger partial charge on any atom is 0.242 e. The average molecular weight is 487 g/mol. The standard InChI is InChI=1S/C31H38N2O3/c1-5-29(31(35)32-21-23(2)3)33(22-24-16-18-27(36-4)19-17-24)30(34)20-28(25-12-8-6-9-13-25)26-14-10-7-11-15-26/h6-19,23,28-29H,5,20-22H2,1-4H3,(H,32,35)/t29-/m0/s1. The molecule has 0 aliphatic carbocycles. The quantitative estimate of drug-likeness (QED) is 0.352. The van der Waals surface area contributed by atoms with Crippen molar-refractivity contribution in [1.29, 1.82) is 0 Å². The number of carbonyl (C=O) groups excluding carboxylic acids is 2. The molecule has 2 amide bonds. The van der Waals surface area contributed by atoms with E-state index in [4.69, 9.17) is 4.74 Å². The summed E-state index contributed by atoms with van der Waals surface area (Å²) in [5.41, 5.74) is 3.12. The van der Waals surface area contributed by atoms with Crippen molar-refractivity contribution in [3.8, 4) is 5.75 Å². The third-order valence-corrected chi connectivity index (χ3v) is 6.37. The van der Waals surface area contributed by atoms with Crippen LogP contribution in [0.1, 0.15) is 56.2 Å². The van der Waals surface area contributed by atoms with E-state index in [-0.39, 0.29) is 24.2 Å². The van der Waals surface area contributed by atoms with Crippen LogP contribution in [0.25, 0.3) is 0 Å². The third-order valence-electron chi connectivity index (χ3n) is 6.37. The van der Waals surface area contributed by atoms with E-state index < -0.39 is 6.04 Å². The summed E-state index contributed by atoms with van der Waals surface area (Å²) in [5, 5.41) is 3.04. The van der Waals surface area contributed by atoms with Crippen LogP contribution in [0.3, 0.4) is 0 Å². The first-order valence-electron chi connectivity index (χ1n) is 12.7. The number of benzene rings is 3. The molecule has 0 heterocycles. The molecule has 1 atom stereocenters. The molecule has 36 heavy (non-hydrogen) atoms. The fourth-order valence-corrected chi connectivity index (χ4v) is 4.36. The van der Waals surface area contributed by atoms with Crippen molar-refractivity contribution in [3.63, 3.8) is 0 Å². The molecule has 0 aromatic heterocycles. The van der Waals surface area contributed by atoms with Gasteiger partial charge in [-0.2, -0.15) is 0 Å². The van der Waals surface area contributed by atoms with Crippen LogP contribution in [0.5, 0.6) is 5.75 Å². The highest BCUT2D eigenvalue weighted by atomic mass is 16.5. The molecule has 0 radical (unpaired) electrons. The maximum atomic E-state index is 14.0. The maximum absolute atomic E-state index is 14.0. The Labute approximate surface area is 215 Å². The molecular weight excluding hydrogens is 448 g/mol. The molecule has 0 unspecified atom stereocenters. The van der Waals surface area contributed by atoms with Gasteiger partial charge in [0, 0.05) is 25.4 Å². The smallest absolute Gasteiger partial charge is 0.242 e.